The van der Waals surface area contributed by atoms with Gasteiger partial charge in [-0.15, -0.1) is 0 Å². The summed E-state index contributed by atoms with van der Waals surface area (Å²) in [6, 6.07) is 15.6. The monoisotopic (exact) mass is 380 g/mol. The predicted octanol–water partition coefficient (Wildman–Crippen LogP) is 3.78. The molecule has 0 spiro atoms. The smallest absolute Gasteiger partial charge is 0.191 e. The van der Waals surface area contributed by atoms with Crippen LogP contribution in [0.15, 0.2) is 47.5 Å². The van der Waals surface area contributed by atoms with Crippen molar-refractivity contribution in [1.29, 1.82) is 5.26 Å². The van der Waals surface area contributed by atoms with Gasteiger partial charge in [-0.25, -0.2) is 0 Å². The summed E-state index contributed by atoms with van der Waals surface area (Å²) in [5.74, 6) is 2.20. The molecule has 2 aromatic rings. The third kappa shape index (κ3) is 5.92. The van der Waals surface area contributed by atoms with Crippen LogP contribution >= 0.6 is 0 Å². The number of benzene rings is 2. The summed E-state index contributed by atoms with van der Waals surface area (Å²) in [6.07, 6.45) is 0. The number of guanidine groups is 1. The Bertz CT molecular complexity index is 825. The van der Waals surface area contributed by atoms with Crippen LogP contribution in [0.4, 0.5) is 0 Å². The highest BCUT2D eigenvalue weighted by molar-refractivity contribution is 5.80. The lowest BCUT2D eigenvalue weighted by Gasteiger charge is -2.20. The van der Waals surface area contributed by atoms with Gasteiger partial charge >= 0.3 is 0 Å². The van der Waals surface area contributed by atoms with Crippen molar-refractivity contribution in [3.63, 3.8) is 0 Å². The first-order valence-electron chi connectivity index (χ1n) is 9.47. The Morgan fingerprint density at radius 2 is 1.75 bits per heavy atom. The molecule has 0 aliphatic heterocycles. The van der Waals surface area contributed by atoms with Crippen molar-refractivity contribution >= 4 is 5.96 Å². The van der Waals surface area contributed by atoms with Gasteiger partial charge in [-0.1, -0.05) is 18.2 Å². The minimum absolute atomic E-state index is 0.0297. The summed E-state index contributed by atoms with van der Waals surface area (Å²) in [5.41, 5.74) is 2.81. The molecule has 0 aliphatic carbocycles. The molecule has 0 aliphatic rings. The number of nitriles is 1. The zero-order valence-corrected chi connectivity index (χ0v) is 17.0. The van der Waals surface area contributed by atoms with E-state index in [2.05, 4.69) is 28.6 Å². The average Bonchev–Trinajstić information content (AvgIpc) is 2.72. The number of ether oxygens (including phenoxy) is 2. The van der Waals surface area contributed by atoms with Gasteiger partial charge in [0.05, 0.1) is 30.9 Å². The van der Waals surface area contributed by atoms with Crippen molar-refractivity contribution in [1.82, 2.24) is 10.6 Å². The molecular formula is C22H28N4O2. The molecule has 1 unspecified atom stereocenters. The molecule has 2 rings (SSSR count). The number of hydrogen-bond donors (Lipinski definition) is 2. The Morgan fingerprint density at radius 3 is 2.36 bits per heavy atom. The maximum Gasteiger partial charge on any atom is 0.191 e. The molecule has 28 heavy (non-hydrogen) atoms. The van der Waals surface area contributed by atoms with Crippen LogP contribution < -0.4 is 20.1 Å². The van der Waals surface area contributed by atoms with Gasteiger partial charge in [0, 0.05) is 13.6 Å². The maximum absolute atomic E-state index is 8.88. The molecule has 0 bridgehead atoms. The highest BCUT2D eigenvalue weighted by Gasteiger charge is 2.12. The molecule has 6 nitrogen and oxygen atoms in total. The number of nitrogens with zero attached hydrogens (tertiary/aromatic N) is 2. The molecule has 6 heteroatoms. The quantitative estimate of drug-likeness (QED) is 0.538. The second-order valence-electron chi connectivity index (χ2n) is 6.17. The van der Waals surface area contributed by atoms with Gasteiger partial charge in [0.1, 0.15) is 0 Å². The lowest BCUT2D eigenvalue weighted by Crippen LogP contribution is -2.38. The zero-order chi connectivity index (χ0) is 20.4. The molecule has 0 heterocycles. The first kappa shape index (κ1) is 21.1. The predicted molar refractivity (Wildman–Crippen MR) is 112 cm³/mol. The lowest BCUT2D eigenvalue weighted by molar-refractivity contribution is 0.287. The van der Waals surface area contributed by atoms with E-state index in [-0.39, 0.29) is 6.04 Å². The summed E-state index contributed by atoms with van der Waals surface area (Å²) < 4.78 is 11.3. The number of rotatable bonds is 8. The summed E-state index contributed by atoms with van der Waals surface area (Å²) in [7, 11) is 1.74. The molecule has 2 aromatic carbocycles. The third-order valence-corrected chi connectivity index (χ3v) is 4.19. The van der Waals surface area contributed by atoms with Crippen LogP contribution in [0.25, 0.3) is 0 Å². The van der Waals surface area contributed by atoms with Gasteiger partial charge in [-0.3, -0.25) is 4.99 Å². The van der Waals surface area contributed by atoms with E-state index in [1.165, 1.54) is 0 Å². The first-order chi connectivity index (χ1) is 13.6. The van der Waals surface area contributed by atoms with Gasteiger partial charge in [0.25, 0.3) is 0 Å². The van der Waals surface area contributed by atoms with Crippen LogP contribution in [-0.4, -0.2) is 26.2 Å². The standard InChI is InChI=1S/C22H28N4O2/c1-5-27-20-12-11-19(13-21(20)28-6-2)16(3)26-22(24-4)25-15-18-9-7-17(14-23)8-10-18/h7-13,16H,5-6,15H2,1-4H3,(H2,24,25,26). The van der Waals surface area contributed by atoms with E-state index in [9.17, 15) is 0 Å². The average molecular weight is 380 g/mol. The van der Waals surface area contributed by atoms with E-state index >= 15 is 0 Å². The summed E-state index contributed by atoms with van der Waals surface area (Å²) in [5, 5.41) is 15.6. The van der Waals surface area contributed by atoms with E-state index in [4.69, 9.17) is 14.7 Å². The molecule has 1 atom stereocenters. The summed E-state index contributed by atoms with van der Waals surface area (Å²) in [4.78, 5) is 4.29. The molecule has 0 fully saturated rings. The van der Waals surface area contributed by atoms with E-state index in [0.717, 1.165) is 22.6 Å². The van der Waals surface area contributed by atoms with E-state index in [1.807, 2.05) is 56.3 Å². The normalized spacial score (nSPS) is 12.0. The van der Waals surface area contributed by atoms with Crippen LogP contribution in [-0.2, 0) is 6.54 Å². The molecule has 0 amide bonds. The molecule has 0 saturated carbocycles. The molecular weight excluding hydrogens is 352 g/mol. The van der Waals surface area contributed by atoms with Crippen LogP contribution in [0.5, 0.6) is 11.5 Å². The Morgan fingerprint density at radius 1 is 1.07 bits per heavy atom. The third-order valence-electron chi connectivity index (χ3n) is 4.19. The van der Waals surface area contributed by atoms with Crippen molar-refractivity contribution < 1.29 is 9.47 Å². The van der Waals surface area contributed by atoms with Crippen molar-refractivity contribution in [2.45, 2.75) is 33.4 Å². The zero-order valence-electron chi connectivity index (χ0n) is 17.0. The van der Waals surface area contributed by atoms with E-state index in [0.29, 0.717) is 31.3 Å². The van der Waals surface area contributed by atoms with Crippen molar-refractivity contribution in [2.24, 2.45) is 4.99 Å². The molecule has 0 radical (unpaired) electrons. The van der Waals surface area contributed by atoms with Crippen molar-refractivity contribution in [3.8, 4) is 17.6 Å². The van der Waals surface area contributed by atoms with Gasteiger partial charge in [-0.2, -0.15) is 5.26 Å². The fraction of sp³-hybridized carbons (Fsp3) is 0.364. The fourth-order valence-corrected chi connectivity index (χ4v) is 2.70. The summed E-state index contributed by atoms with van der Waals surface area (Å²) >= 11 is 0. The van der Waals surface area contributed by atoms with Crippen LogP contribution in [0.2, 0.25) is 0 Å². The van der Waals surface area contributed by atoms with E-state index in [1.54, 1.807) is 7.05 Å². The molecule has 2 N–H and O–H groups in total. The van der Waals surface area contributed by atoms with Crippen LogP contribution in [0.1, 0.15) is 43.5 Å². The maximum atomic E-state index is 8.88. The largest absolute Gasteiger partial charge is 0.490 e. The van der Waals surface area contributed by atoms with Gasteiger partial charge in [0.15, 0.2) is 17.5 Å². The lowest BCUT2D eigenvalue weighted by atomic mass is 10.1. The highest BCUT2D eigenvalue weighted by Crippen LogP contribution is 2.30. The Labute approximate surface area is 167 Å². The minimum atomic E-state index is 0.0297. The Balaban J connectivity index is 2.01. The Kier molecular flexibility index (Phi) is 8.16. The molecule has 0 saturated heterocycles. The SMILES string of the molecule is CCOc1ccc(C(C)NC(=NC)NCc2ccc(C#N)cc2)cc1OCC. The number of aliphatic imine (C=N–C) groups is 1. The minimum Gasteiger partial charge on any atom is -0.490 e. The second-order valence-corrected chi connectivity index (χ2v) is 6.17. The second kappa shape index (κ2) is 10.8. The van der Waals surface area contributed by atoms with Gasteiger partial charge < -0.3 is 20.1 Å². The molecule has 148 valence electrons. The van der Waals surface area contributed by atoms with Crippen molar-refractivity contribution in [2.75, 3.05) is 20.3 Å². The highest BCUT2D eigenvalue weighted by atomic mass is 16.5. The van der Waals surface area contributed by atoms with Crippen LogP contribution in [0, 0.1) is 11.3 Å². The van der Waals surface area contributed by atoms with Gasteiger partial charge in [-0.05, 0) is 56.2 Å². The van der Waals surface area contributed by atoms with Gasteiger partial charge in [0.2, 0.25) is 0 Å². The van der Waals surface area contributed by atoms with Crippen LogP contribution in [0.3, 0.4) is 0 Å². The number of hydrogen-bond acceptors (Lipinski definition) is 4. The topological polar surface area (TPSA) is 78.7 Å². The van der Waals surface area contributed by atoms with E-state index < -0.39 is 0 Å². The molecule has 0 aromatic heterocycles. The van der Waals surface area contributed by atoms with Crippen molar-refractivity contribution in [3.05, 3.63) is 59.2 Å². The Hall–Kier alpha value is -3.20. The number of nitrogens with one attached hydrogen (secondary N) is 2. The fourth-order valence-electron chi connectivity index (χ4n) is 2.70. The summed E-state index contributed by atoms with van der Waals surface area (Å²) in [6.45, 7) is 7.78. The first-order valence-corrected chi connectivity index (χ1v) is 9.47.